The lowest BCUT2D eigenvalue weighted by Crippen LogP contribution is -2.42. The van der Waals surface area contributed by atoms with E-state index in [2.05, 4.69) is 25.8 Å². The van der Waals surface area contributed by atoms with Crippen LogP contribution in [0.5, 0.6) is 0 Å². The van der Waals surface area contributed by atoms with Crippen molar-refractivity contribution in [3.8, 4) is 0 Å². The molecule has 2 fully saturated rings. The first-order valence-electron chi connectivity index (χ1n) is 6.82. The van der Waals surface area contributed by atoms with Crippen molar-refractivity contribution < 1.29 is 0 Å². The summed E-state index contributed by atoms with van der Waals surface area (Å²) in [7, 11) is 2.32. The lowest BCUT2D eigenvalue weighted by Gasteiger charge is -2.48. The maximum Gasteiger partial charge on any atom is 0.00927 e. The van der Waals surface area contributed by atoms with E-state index in [-0.39, 0.29) is 0 Å². The molecule has 0 aromatic rings. The van der Waals surface area contributed by atoms with Crippen molar-refractivity contribution >= 4 is 0 Å². The predicted octanol–water partition coefficient (Wildman–Crippen LogP) is 3.69. The topological polar surface area (TPSA) is 3.24 Å². The van der Waals surface area contributed by atoms with Crippen molar-refractivity contribution in [2.75, 3.05) is 13.6 Å². The van der Waals surface area contributed by atoms with Crippen LogP contribution in [0.25, 0.3) is 0 Å². The second kappa shape index (κ2) is 4.45. The summed E-state index contributed by atoms with van der Waals surface area (Å²) in [6, 6.07) is 0.888. The van der Waals surface area contributed by atoms with Crippen LogP contribution in [-0.4, -0.2) is 24.5 Å². The maximum atomic E-state index is 2.61. The third-order valence-corrected chi connectivity index (χ3v) is 4.71. The van der Waals surface area contributed by atoms with Crippen LogP contribution in [0, 0.1) is 11.3 Å². The quantitative estimate of drug-likeness (QED) is 0.685. The van der Waals surface area contributed by atoms with Crippen LogP contribution < -0.4 is 0 Å². The normalized spacial score (nSPS) is 26.2. The van der Waals surface area contributed by atoms with Crippen LogP contribution in [0.4, 0.5) is 0 Å². The molecule has 0 radical (unpaired) electrons. The highest BCUT2D eigenvalue weighted by Crippen LogP contribution is 2.51. The minimum Gasteiger partial charge on any atom is -0.303 e. The zero-order chi connectivity index (χ0) is 10.9. The van der Waals surface area contributed by atoms with Gasteiger partial charge in [-0.2, -0.15) is 0 Å². The Morgan fingerprint density at radius 2 is 1.73 bits per heavy atom. The summed E-state index contributed by atoms with van der Waals surface area (Å²) in [5.74, 6) is 0.814. The van der Waals surface area contributed by atoms with Gasteiger partial charge in [0.25, 0.3) is 0 Å². The molecule has 1 spiro atoms. The SMILES string of the molecule is CC(C)CN(C)C1CCC2(CCC2)CC1. The Hall–Kier alpha value is -0.0400. The molecule has 0 bridgehead atoms. The van der Waals surface area contributed by atoms with Gasteiger partial charge in [-0.1, -0.05) is 20.3 Å². The van der Waals surface area contributed by atoms with Crippen molar-refractivity contribution in [3.63, 3.8) is 0 Å². The molecule has 2 saturated carbocycles. The number of nitrogens with zero attached hydrogens (tertiary/aromatic N) is 1. The lowest BCUT2D eigenvalue weighted by atomic mass is 9.60. The highest BCUT2D eigenvalue weighted by Gasteiger charge is 2.40. The molecule has 2 rings (SSSR count). The van der Waals surface area contributed by atoms with E-state index in [0.717, 1.165) is 17.4 Å². The van der Waals surface area contributed by atoms with Crippen LogP contribution in [0.3, 0.4) is 0 Å². The van der Waals surface area contributed by atoms with Crippen molar-refractivity contribution in [2.24, 2.45) is 11.3 Å². The molecule has 15 heavy (non-hydrogen) atoms. The first-order chi connectivity index (χ1) is 7.11. The summed E-state index contributed by atoms with van der Waals surface area (Å²) in [5.41, 5.74) is 0.829. The molecule has 2 aliphatic carbocycles. The summed E-state index contributed by atoms with van der Waals surface area (Å²) in [6.07, 6.45) is 10.5. The molecule has 1 nitrogen and oxygen atoms in total. The molecular weight excluding hydrogens is 182 g/mol. The zero-order valence-electron chi connectivity index (χ0n) is 10.8. The van der Waals surface area contributed by atoms with Crippen molar-refractivity contribution in [1.82, 2.24) is 4.90 Å². The standard InChI is InChI=1S/C14H27N/c1-12(2)11-15(3)13-5-9-14(10-6-13)7-4-8-14/h12-13H,4-11H2,1-3H3. The molecule has 0 atom stereocenters. The second-order valence-corrected chi connectivity index (χ2v) is 6.42. The van der Waals surface area contributed by atoms with E-state index in [1.165, 1.54) is 51.5 Å². The molecule has 1 heteroatoms. The highest BCUT2D eigenvalue weighted by molar-refractivity contribution is 4.93. The number of rotatable bonds is 3. The smallest absolute Gasteiger partial charge is 0.00927 e. The molecule has 0 amide bonds. The third-order valence-electron chi connectivity index (χ3n) is 4.71. The van der Waals surface area contributed by atoms with Crippen LogP contribution in [0.15, 0.2) is 0 Å². The Morgan fingerprint density at radius 1 is 1.13 bits per heavy atom. The van der Waals surface area contributed by atoms with Crippen LogP contribution in [0.2, 0.25) is 0 Å². The van der Waals surface area contributed by atoms with E-state index in [0.29, 0.717) is 0 Å². The summed E-state index contributed by atoms with van der Waals surface area (Å²) < 4.78 is 0. The lowest BCUT2D eigenvalue weighted by molar-refractivity contribution is 0.0353. The zero-order valence-corrected chi connectivity index (χ0v) is 10.8. The van der Waals surface area contributed by atoms with E-state index in [4.69, 9.17) is 0 Å². The van der Waals surface area contributed by atoms with Crippen LogP contribution in [0.1, 0.15) is 58.8 Å². The van der Waals surface area contributed by atoms with Crippen LogP contribution in [-0.2, 0) is 0 Å². The molecule has 0 heterocycles. The Balaban J connectivity index is 1.77. The Labute approximate surface area is 95.2 Å². The predicted molar refractivity (Wildman–Crippen MR) is 66.0 cm³/mol. The van der Waals surface area contributed by atoms with Crippen molar-refractivity contribution in [1.29, 1.82) is 0 Å². The van der Waals surface area contributed by atoms with E-state index in [1.807, 2.05) is 0 Å². The van der Waals surface area contributed by atoms with Gasteiger partial charge >= 0.3 is 0 Å². The maximum absolute atomic E-state index is 2.61. The minimum absolute atomic E-state index is 0.814. The average molecular weight is 209 g/mol. The number of hydrogen-bond acceptors (Lipinski definition) is 1. The second-order valence-electron chi connectivity index (χ2n) is 6.42. The molecule has 2 aliphatic rings. The van der Waals surface area contributed by atoms with E-state index in [9.17, 15) is 0 Å². The van der Waals surface area contributed by atoms with Gasteiger partial charge in [0.05, 0.1) is 0 Å². The van der Waals surface area contributed by atoms with Gasteiger partial charge < -0.3 is 4.90 Å². The summed E-state index contributed by atoms with van der Waals surface area (Å²) in [4.78, 5) is 2.61. The summed E-state index contributed by atoms with van der Waals surface area (Å²) in [5, 5.41) is 0. The van der Waals surface area contributed by atoms with Gasteiger partial charge in [-0.25, -0.2) is 0 Å². The molecule has 0 N–H and O–H groups in total. The first-order valence-corrected chi connectivity index (χ1v) is 6.82. The van der Waals surface area contributed by atoms with Crippen molar-refractivity contribution in [3.05, 3.63) is 0 Å². The molecule has 0 aromatic carbocycles. The first kappa shape index (κ1) is 11.4. The van der Waals surface area contributed by atoms with E-state index < -0.39 is 0 Å². The molecule has 0 saturated heterocycles. The fourth-order valence-corrected chi connectivity index (χ4v) is 3.56. The fourth-order valence-electron chi connectivity index (χ4n) is 3.56. The molecule has 0 aliphatic heterocycles. The van der Waals surface area contributed by atoms with Crippen molar-refractivity contribution in [2.45, 2.75) is 64.8 Å². The fraction of sp³-hybridized carbons (Fsp3) is 1.00. The molecule has 0 aromatic heterocycles. The van der Waals surface area contributed by atoms with E-state index in [1.54, 1.807) is 0 Å². The third kappa shape index (κ3) is 2.55. The van der Waals surface area contributed by atoms with Gasteiger partial charge in [-0.05, 0) is 56.9 Å². The molecule has 0 unspecified atom stereocenters. The number of hydrogen-bond donors (Lipinski definition) is 0. The monoisotopic (exact) mass is 209 g/mol. The molecular formula is C14H27N. The van der Waals surface area contributed by atoms with Gasteiger partial charge in [0.2, 0.25) is 0 Å². The van der Waals surface area contributed by atoms with E-state index >= 15 is 0 Å². The largest absolute Gasteiger partial charge is 0.303 e. The average Bonchev–Trinajstić information content (AvgIpc) is 2.14. The van der Waals surface area contributed by atoms with Gasteiger partial charge in [0.1, 0.15) is 0 Å². The minimum atomic E-state index is 0.814. The highest BCUT2D eigenvalue weighted by atomic mass is 15.1. The van der Waals surface area contributed by atoms with Gasteiger partial charge in [0.15, 0.2) is 0 Å². The molecule has 88 valence electrons. The van der Waals surface area contributed by atoms with Gasteiger partial charge in [0, 0.05) is 12.6 Å². The Morgan fingerprint density at radius 3 is 2.13 bits per heavy atom. The summed E-state index contributed by atoms with van der Waals surface area (Å²) >= 11 is 0. The van der Waals surface area contributed by atoms with Crippen LogP contribution >= 0.6 is 0 Å². The Bertz CT molecular complexity index is 195. The Kier molecular flexibility index (Phi) is 3.39. The summed E-state index contributed by atoms with van der Waals surface area (Å²) in [6.45, 7) is 5.93. The van der Waals surface area contributed by atoms with Gasteiger partial charge in [-0.15, -0.1) is 0 Å². The van der Waals surface area contributed by atoms with Gasteiger partial charge in [-0.3, -0.25) is 0 Å².